The first kappa shape index (κ1) is 20.2. The molecule has 3 heterocycles. The van der Waals surface area contributed by atoms with Gasteiger partial charge in [-0.1, -0.05) is 48.5 Å². The second-order valence-electron chi connectivity index (χ2n) is 8.26. The van der Waals surface area contributed by atoms with Crippen molar-refractivity contribution in [3.63, 3.8) is 0 Å². The molecule has 32 heavy (non-hydrogen) atoms. The quantitative estimate of drug-likeness (QED) is 0.475. The molecule has 0 N–H and O–H groups in total. The predicted octanol–water partition coefficient (Wildman–Crippen LogP) is 4.69. The SMILES string of the molecule is Cc1nn(C)c2nc(OC(C)C(=O)N3CCCc4ccccc43)cc(-c3ccccc3)c12. The van der Waals surface area contributed by atoms with E-state index in [9.17, 15) is 4.79 Å². The van der Waals surface area contributed by atoms with Crippen molar-refractivity contribution in [3.05, 3.63) is 71.9 Å². The number of aromatic nitrogens is 3. The van der Waals surface area contributed by atoms with E-state index in [1.54, 1.807) is 11.6 Å². The van der Waals surface area contributed by atoms with Crippen LogP contribution in [0.2, 0.25) is 0 Å². The number of nitrogens with zero attached hydrogens (tertiary/aromatic N) is 4. The fourth-order valence-corrected chi connectivity index (χ4v) is 4.54. The number of aryl methyl sites for hydroxylation is 3. The summed E-state index contributed by atoms with van der Waals surface area (Å²) < 4.78 is 7.90. The van der Waals surface area contributed by atoms with Crippen LogP contribution in [0.25, 0.3) is 22.2 Å². The Morgan fingerprint density at radius 2 is 1.84 bits per heavy atom. The average molecular weight is 427 g/mol. The average Bonchev–Trinajstić information content (AvgIpc) is 3.11. The van der Waals surface area contributed by atoms with Gasteiger partial charge in [0.25, 0.3) is 5.91 Å². The Bertz CT molecular complexity index is 1300. The molecule has 5 rings (SSSR count). The minimum absolute atomic E-state index is 0.0542. The first-order chi connectivity index (χ1) is 15.5. The molecule has 1 unspecified atom stereocenters. The standard InChI is InChI=1S/C26H26N4O2/c1-17-24-21(19-10-5-4-6-11-19)16-23(27-25(24)29(3)28-17)32-18(2)26(31)30-15-9-13-20-12-7-8-14-22(20)30/h4-8,10-12,14,16,18H,9,13,15H2,1-3H3. The zero-order valence-electron chi connectivity index (χ0n) is 18.6. The summed E-state index contributed by atoms with van der Waals surface area (Å²) in [5, 5.41) is 5.55. The van der Waals surface area contributed by atoms with Gasteiger partial charge in [-0.05, 0) is 49.4 Å². The van der Waals surface area contributed by atoms with Gasteiger partial charge in [-0.25, -0.2) is 0 Å². The molecule has 2 aromatic heterocycles. The number of amides is 1. The van der Waals surface area contributed by atoms with Crippen LogP contribution in [0, 0.1) is 6.92 Å². The van der Waals surface area contributed by atoms with Crippen molar-refractivity contribution in [2.75, 3.05) is 11.4 Å². The molecule has 0 fully saturated rings. The Morgan fingerprint density at radius 3 is 2.66 bits per heavy atom. The molecule has 0 aliphatic carbocycles. The van der Waals surface area contributed by atoms with Gasteiger partial charge in [-0.15, -0.1) is 0 Å². The third-order valence-corrected chi connectivity index (χ3v) is 6.05. The van der Waals surface area contributed by atoms with Crippen molar-refractivity contribution in [2.24, 2.45) is 7.05 Å². The topological polar surface area (TPSA) is 60.2 Å². The summed E-state index contributed by atoms with van der Waals surface area (Å²) in [6.07, 6.45) is 1.28. The van der Waals surface area contributed by atoms with Gasteiger partial charge in [-0.2, -0.15) is 10.1 Å². The van der Waals surface area contributed by atoms with Gasteiger partial charge >= 0.3 is 0 Å². The largest absolute Gasteiger partial charge is 0.464 e. The van der Waals surface area contributed by atoms with Crippen LogP contribution in [0.15, 0.2) is 60.7 Å². The van der Waals surface area contributed by atoms with Crippen molar-refractivity contribution >= 4 is 22.6 Å². The maximum atomic E-state index is 13.3. The van der Waals surface area contributed by atoms with Gasteiger partial charge in [0.1, 0.15) is 0 Å². The van der Waals surface area contributed by atoms with Crippen LogP contribution < -0.4 is 9.64 Å². The molecule has 1 amide bonds. The number of hydrogen-bond acceptors (Lipinski definition) is 4. The number of hydrogen-bond donors (Lipinski definition) is 0. The Morgan fingerprint density at radius 1 is 1.09 bits per heavy atom. The molecule has 2 aromatic carbocycles. The molecule has 0 radical (unpaired) electrons. The van der Waals surface area contributed by atoms with E-state index in [4.69, 9.17) is 9.72 Å². The molecule has 0 spiro atoms. The number of fused-ring (bicyclic) bond motifs is 2. The third-order valence-electron chi connectivity index (χ3n) is 6.05. The van der Waals surface area contributed by atoms with Crippen molar-refractivity contribution < 1.29 is 9.53 Å². The Balaban J connectivity index is 1.49. The summed E-state index contributed by atoms with van der Waals surface area (Å²) in [4.78, 5) is 19.9. The van der Waals surface area contributed by atoms with E-state index in [1.165, 1.54) is 5.56 Å². The second-order valence-corrected chi connectivity index (χ2v) is 8.26. The number of carbonyl (C=O) groups is 1. The number of pyridine rings is 1. The summed E-state index contributed by atoms with van der Waals surface area (Å²) >= 11 is 0. The van der Waals surface area contributed by atoms with Crippen LogP contribution in [-0.4, -0.2) is 33.3 Å². The second kappa shape index (κ2) is 8.11. The first-order valence-corrected chi connectivity index (χ1v) is 11.0. The molecule has 1 atom stereocenters. The zero-order chi connectivity index (χ0) is 22.2. The van der Waals surface area contributed by atoms with E-state index in [1.807, 2.05) is 61.3 Å². The highest BCUT2D eigenvalue weighted by molar-refractivity contribution is 5.98. The van der Waals surface area contributed by atoms with Crippen molar-refractivity contribution in [2.45, 2.75) is 32.8 Å². The van der Waals surface area contributed by atoms with Crippen LogP contribution in [0.3, 0.4) is 0 Å². The molecule has 6 nitrogen and oxygen atoms in total. The Kier molecular flexibility index (Phi) is 5.13. The lowest BCUT2D eigenvalue weighted by Gasteiger charge is -2.31. The molecule has 0 bridgehead atoms. The molecule has 162 valence electrons. The molecule has 6 heteroatoms. The maximum absolute atomic E-state index is 13.3. The number of carbonyl (C=O) groups excluding carboxylic acids is 1. The van der Waals surface area contributed by atoms with Crippen LogP contribution in [-0.2, 0) is 18.3 Å². The number of para-hydroxylation sites is 1. The van der Waals surface area contributed by atoms with Crippen LogP contribution >= 0.6 is 0 Å². The van der Waals surface area contributed by atoms with E-state index in [-0.39, 0.29) is 5.91 Å². The van der Waals surface area contributed by atoms with Crippen LogP contribution in [0.4, 0.5) is 5.69 Å². The molecule has 4 aromatic rings. The van der Waals surface area contributed by atoms with Gasteiger partial charge in [0.05, 0.1) is 11.1 Å². The highest BCUT2D eigenvalue weighted by atomic mass is 16.5. The van der Waals surface area contributed by atoms with E-state index in [0.717, 1.165) is 46.4 Å². The molecular weight excluding hydrogens is 400 g/mol. The van der Waals surface area contributed by atoms with Gasteiger partial charge in [0, 0.05) is 25.3 Å². The highest BCUT2D eigenvalue weighted by Crippen LogP contribution is 2.33. The lowest BCUT2D eigenvalue weighted by molar-refractivity contribution is -0.124. The van der Waals surface area contributed by atoms with E-state index in [2.05, 4.69) is 23.3 Å². The van der Waals surface area contributed by atoms with Gasteiger partial charge in [-0.3, -0.25) is 9.48 Å². The van der Waals surface area contributed by atoms with Crippen molar-refractivity contribution in [1.29, 1.82) is 0 Å². The van der Waals surface area contributed by atoms with E-state index < -0.39 is 6.10 Å². The normalized spacial score (nSPS) is 14.3. The van der Waals surface area contributed by atoms with E-state index >= 15 is 0 Å². The van der Waals surface area contributed by atoms with Crippen LogP contribution in [0.1, 0.15) is 24.6 Å². The fraction of sp³-hybridized carbons (Fsp3) is 0.269. The van der Waals surface area contributed by atoms with Gasteiger partial charge in [0.2, 0.25) is 5.88 Å². The summed E-state index contributed by atoms with van der Waals surface area (Å²) in [6.45, 7) is 4.48. The number of rotatable bonds is 4. The fourth-order valence-electron chi connectivity index (χ4n) is 4.54. The third kappa shape index (κ3) is 3.51. The van der Waals surface area contributed by atoms with Gasteiger partial charge < -0.3 is 9.64 Å². The number of benzene rings is 2. The Labute approximate surface area is 187 Å². The zero-order valence-corrected chi connectivity index (χ0v) is 18.6. The van der Waals surface area contributed by atoms with E-state index in [0.29, 0.717) is 12.4 Å². The molecule has 1 aliphatic heterocycles. The van der Waals surface area contributed by atoms with Crippen molar-refractivity contribution in [3.8, 4) is 17.0 Å². The van der Waals surface area contributed by atoms with Crippen LogP contribution in [0.5, 0.6) is 5.88 Å². The summed E-state index contributed by atoms with van der Waals surface area (Å²) in [7, 11) is 1.88. The lowest BCUT2D eigenvalue weighted by Crippen LogP contribution is -2.43. The monoisotopic (exact) mass is 426 g/mol. The summed E-state index contributed by atoms with van der Waals surface area (Å²) in [6, 6.07) is 20.1. The Hall–Kier alpha value is -3.67. The minimum atomic E-state index is -0.663. The lowest BCUT2D eigenvalue weighted by atomic mass is 10.0. The first-order valence-electron chi connectivity index (χ1n) is 11.0. The minimum Gasteiger partial charge on any atom is -0.464 e. The molecule has 0 saturated heterocycles. The predicted molar refractivity (Wildman–Crippen MR) is 126 cm³/mol. The molecular formula is C26H26N4O2. The van der Waals surface area contributed by atoms with Gasteiger partial charge in [0.15, 0.2) is 11.8 Å². The summed E-state index contributed by atoms with van der Waals surface area (Å²) in [5.41, 5.74) is 5.89. The molecule has 1 aliphatic rings. The number of ether oxygens (including phenoxy) is 1. The smallest absolute Gasteiger partial charge is 0.267 e. The summed E-state index contributed by atoms with van der Waals surface area (Å²) in [5.74, 6) is 0.368. The highest BCUT2D eigenvalue weighted by Gasteiger charge is 2.28. The number of anilines is 1. The molecule has 0 saturated carbocycles. The van der Waals surface area contributed by atoms with Crippen molar-refractivity contribution in [1.82, 2.24) is 14.8 Å². The maximum Gasteiger partial charge on any atom is 0.267 e.